The molecule has 0 aliphatic rings. The molecule has 0 saturated carbocycles. The van der Waals surface area contributed by atoms with E-state index < -0.39 is 7.26 Å². The summed E-state index contributed by atoms with van der Waals surface area (Å²) in [5.41, 5.74) is 0.568. The molecular weight excluding hydrogens is 435 g/mol. The van der Waals surface area contributed by atoms with Gasteiger partial charge in [0.1, 0.15) is 21.7 Å². The Hall–Kier alpha value is -3.19. The number of aliphatic hydroxyl groups excluding tert-OH is 1. The number of rotatable bonds is 6. The van der Waals surface area contributed by atoms with Crippen LogP contribution >= 0.6 is 7.26 Å². The van der Waals surface area contributed by atoms with Crippen LogP contribution in [0.4, 0.5) is 0 Å². The SMILES string of the molecule is C/C(O)=C(/C(=O)c1ccccc1)[P+](c1ccccc1)(c1ccccc1)c1ccccc1.[Cl-]. The summed E-state index contributed by atoms with van der Waals surface area (Å²) in [6, 6.07) is 39.5. The van der Waals surface area contributed by atoms with Crippen molar-refractivity contribution in [3.63, 3.8) is 0 Å². The lowest BCUT2D eigenvalue weighted by Crippen LogP contribution is -3.00. The summed E-state index contributed by atoms with van der Waals surface area (Å²) >= 11 is 0. The fraction of sp³-hybridized carbons (Fsp3) is 0.0357. The minimum absolute atomic E-state index is 0. The average molecular weight is 459 g/mol. The topological polar surface area (TPSA) is 37.3 Å². The van der Waals surface area contributed by atoms with Crippen LogP contribution in [0.2, 0.25) is 0 Å². The molecule has 0 fully saturated rings. The molecule has 0 unspecified atom stereocenters. The van der Waals surface area contributed by atoms with Crippen LogP contribution in [0.5, 0.6) is 0 Å². The Balaban J connectivity index is 0.00000289. The second kappa shape index (κ2) is 10.4. The number of Topliss-reactive ketones (excluding diaryl/α,β-unsaturated/α-hetero) is 1. The molecule has 0 aliphatic heterocycles. The molecule has 0 aliphatic carbocycles. The van der Waals surface area contributed by atoms with Gasteiger partial charge in [-0.2, -0.15) is 0 Å². The summed E-state index contributed by atoms with van der Waals surface area (Å²) in [6.07, 6.45) is 0. The Labute approximate surface area is 196 Å². The molecule has 0 spiro atoms. The summed E-state index contributed by atoms with van der Waals surface area (Å²) in [5.74, 6) is -0.0933. The third-order valence-corrected chi connectivity index (χ3v) is 9.78. The average Bonchev–Trinajstić information content (AvgIpc) is 2.84. The zero-order chi connectivity index (χ0) is 21.7. The number of allylic oxidation sites excluding steroid dienone is 2. The van der Waals surface area contributed by atoms with Crippen LogP contribution in [0.15, 0.2) is 132 Å². The van der Waals surface area contributed by atoms with E-state index in [1.165, 1.54) is 0 Å². The number of carbonyl (C=O) groups excluding carboxylic acids is 1. The van der Waals surface area contributed by atoms with E-state index in [2.05, 4.69) is 36.4 Å². The van der Waals surface area contributed by atoms with E-state index in [-0.39, 0.29) is 23.9 Å². The van der Waals surface area contributed by atoms with Crippen LogP contribution < -0.4 is 28.3 Å². The highest BCUT2D eigenvalue weighted by Crippen LogP contribution is 2.63. The Morgan fingerprint density at radius 2 is 0.906 bits per heavy atom. The minimum Gasteiger partial charge on any atom is -1.00 e. The van der Waals surface area contributed by atoms with E-state index >= 15 is 0 Å². The predicted molar refractivity (Wildman–Crippen MR) is 131 cm³/mol. The molecule has 4 aromatic rings. The maximum absolute atomic E-state index is 14.0. The lowest BCUT2D eigenvalue weighted by atomic mass is 10.1. The Kier molecular flexibility index (Phi) is 7.64. The van der Waals surface area contributed by atoms with Crippen LogP contribution in [0.25, 0.3) is 0 Å². The van der Waals surface area contributed by atoms with E-state index in [9.17, 15) is 9.90 Å². The Morgan fingerprint density at radius 1 is 0.594 bits per heavy atom. The molecule has 0 saturated heterocycles. The largest absolute Gasteiger partial charge is 1.00 e. The zero-order valence-electron chi connectivity index (χ0n) is 17.7. The number of hydrogen-bond acceptors (Lipinski definition) is 2. The molecule has 0 heterocycles. The second-order valence-corrected chi connectivity index (χ2v) is 10.6. The van der Waals surface area contributed by atoms with Crippen LogP contribution in [0, 0.1) is 0 Å². The zero-order valence-corrected chi connectivity index (χ0v) is 19.4. The van der Waals surface area contributed by atoms with Gasteiger partial charge >= 0.3 is 0 Å². The fourth-order valence-electron chi connectivity index (χ4n) is 4.07. The van der Waals surface area contributed by atoms with Gasteiger partial charge in [0.15, 0.2) is 12.6 Å². The highest BCUT2D eigenvalue weighted by molar-refractivity contribution is 7.99. The van der Waals surface area contributed by atoms with Crippen LogP contribution in [-0.2, 0) is 0 Å². The molecule has 1 N–H and O–H groups in total. The standard InChI is InChI=1S/C28H23O2P.ClH/c1-22(29)28(27(30)23-14-6-2-7-15-23)31(24-16-8-3-9-17-24,25-18-10-4-11-19-25)26-20-12-5-13-21-26;/h2-21H,1H3;1H. The predicted octanol–water partition coefficient (Wildman–Crippen LogP) is 2.66. The van der Waals surface area contributed by atoms with Crippen molar-refractivity contribution in [2.24, 2.45) is 0 Å². The molecule has 0 amide bonds. The molecule has 160 valence electrons. The summed E-state index contributed by atoms with van der Waals surface area (Å²) < 4.78 is 0. The molecule has 2 nitrogen and oxygen atoms in total. The highest BCUT2D eigenvalue weighted by atomic mass is 35.5. The van der Waals surface area contributed by atoms with Crippen LogP contribution in [0.3, 0.4) is 0 Å². The van der Waals surface area contributed by atoms with Crippen molar-refractivity contribution in [1.82, 2.24) is 0 Å². The van der Waals surface area contributed by atoms with Gasteiger partial charge in [0.05, 0.1) is 0 Å². The van der Waals surface area contributed by atoms with Gasteiger partial charge in [-0.05, 0) is 43.3 Å². The van der Waals surface area contributed by atoms with E-state index in [0.717, 1.165) is 15.9 Å². The number of carbonyl (C=O) groups is 1. The third kappa shape index (κ3) is 4.25. The molecular formula is C28H24ClO2P. The maximum atomic E-state index is 14.0. The smallest absolute Gasteiger partial charge is 0.232 e. The van der Waals surface area contributed by atoms with Crippen molar-refractivity contribution < 1.29 is 22.3 Å². The highest BCUT2D eigenvalue weighted by Gasteiger charge is 2.53. The fourth-order valence-corrected chi connectivity index (χ4v) is 8.52. The van der Waals surface area contributed by atoms with Crippen LogP contribution in [0.1, 0.15) is 17.3 Å². The van der Waals surface area contributed by atoms with Gasteiger partial charge < -0.3 is 17.5 Å². The van der Waals surface area contributed by atoms with Crippen molar-refractivity contribution in [2.45, 2.75) is 6.92 Å². The third-order valence-electron chi connectivity index (χ3n) is 5.36. The van der Waals surface area contributed by atoms with Crippen molar-refractivity contribution >= 4 is 29.0 Å². The van der Waals surface area contributed by atoms with Crippen molar-refractivity contribution in [3.8, 4) is 0 Å². The first-order valence-corrected chi connectivity index (χ1v) is 12.0. The van der Waals surface area contributed by atoms with Crippen LogP contribution in [-0.4, -0.2) is 10.9 Å². The van der Waals surface area contributed by atoms with E-state index in [0.29, 0.717) is 10.9 Å². The number of benzene rings is 4. The first-order valence-electron chi connectivity index (χ1n) is 10.2. The van der Waals surface area contributed by atoms with Gasteiger partial charge in [-0.3, -0.25) is 4.79 Å². The summed E-state index contributed by atoms with van der Waals surface area (Å²) in [7, 11) is -2.66. The molecule has 0 radical (unpaired) electrons. The maximum Gasteiger partial charge on any atom is 0.232 e. The molecule has 0 atom stereocenters. The number of ketones is 1. The molecule has 0 bridgehead atoms. The molecule has 4 rings (SSSR count). The van der Waals surface area contributed by atoms with Gasteiger partial charge in [0.2, 0.25) is 5.78 Å². The van der Waals surface area contributed by atoms with Crippen molar-refractivity contribution in [3.05, 3.63) is 138 Å². The monoisotopic (exact) mass is 458 g/mol. The second-order valence-electron chi connectivity index (χ2n) is 7.31. The molecule has 4 aromatic carbocycles. The van der Waals surface area contributed by atoms with Gasteiger partial charge in [0, 0.05) is 5.56 Å². The minimum atomic E-state index is -2.66. The summed E-state index contributed by atoms with van der Waals surface area (Å²) in [6.45, 7) is 1.62. The van der Waals surface area contributed by atoms with E-state index in [4.69, 9.17) is 0 Å². The summed E-state index contributed by atoms with van der Waals surface area (Å²) in [4.78, 5) is 14.0. The summed E-state index contributed by atoms with van der Waals surface area (Å²) in [5, 5.41) is 14.6. The van der Waals surface area contributed by atoms with Gasteiger partial charge in [0.25, 0.3) is 0 Å². The molecule has 4 heteroatoms. The number of hydrogen-bond donors (Lipinski definition) is 1. The van der Waals surface area contributed by atoms with Gasteiger partial charge in [-0.25, -0.2) is 0 Å². The quantitative estimate of drug-likeness (QED) is 0.209. The Morgan fingerprint density at radius 3 is 1.22 bits per heavy atom. The molecule has 32 heavy (non-hydrogen) atoms. The van der Waals surface area contributed by atoms with Crippen molar-refractivity contribution in [1.29, 1.82) is 0 Å². The van der Waals surface area contributed by atoms with Gasteiger partial charge in [-0.1, -0.05) is 84.9 Å². The molecule has 0 aromatic heterocycles. The van der Waals surface area contributed by atoms with Crippen molar-refractivity contribution in [2.75, 3.05) is 0 Å². The van der Waals surface area contributed by atoms with E-state index in [1.54, 1.807) is 19.1 Å². The first kappa shape index (κ1) is 23.5. The Bertz CT molecular complexity index is 1090. The lowest BCUT2D eigenvalue weighted by Gasteiger charge is -2.29. The van der Waals surface area contributed by atoms with Gasteiger partial charge in [-0.15, -0.1) is 0 Å². The van der Waals surface area contributed by atoms with E-state index in [1.807, 2.05) is 72.8 Å². The number of aliphatic hydroxyl groups is 1. The number of halogens is 1. The first-order chi connectivity index (χ1) is 15.2. The lowest BCUT2D eigenvalue weighted by molar-refractivity contribution is -0.0000150. The normalized spacial score (nSPS) is 11.8.